The highest BCUT2D eigenvalue weighted by molar-refractivity contribution is 5.96. The maximum atomic E-state index is 5.16. The average Bonchev–Trinajstić information content (AvgIpc) is 3.07. The van der Waals surface area contributed by atoms with E-state index in [-0.39, 0.29) is 0 Å². The Hall–Kier alpha value is -5.15. The summed E-state index contributed by atoms with van der Waals surface area (Å²) >= 11 is 0. The maximum Gasteiger partial charge on any atom is 0.164 e. The van der Waals surface area contributed by atoms with E-state index in [4.69, 9.17) is 15.0 Å². The number of allylic oxidation sites excluding steroid dienone is 2. The van der Waals surface area contributed by atoms with Crippen molar-refractivity contribution in [1.82, 2.24) is 15.0 Å². The molecule has 1 atom stereocenters. The molecule has 1 aromatic heterocycles. The zero-order valence-corrected chi connectivity index (χ0v) is 24.2. The zero-order valence-electron chi connectivity index (χ0n) is 24.2. The number of benzene rings is 5. The summed E-state index contributed by atoms with van der Waals surface area (Å²) in [4.78, 5) is 15.4. The van der Waals surface area contributed by atoms with E-state index in [1.54, 1.807) is 0 Å². The van der Waals surface area contributed by atoms with Crippen LogP contribution in [0.3, 0.4) is 0 Å². The van der Waals surface area contributed by atoms with E-state index < -0.39 is 0 Å². The van der Waals surface area contributed by atoms with Crippen molar-refractivity contribution in [3.05, 3.63) is 138 Å². The molecule has 2 aliphatic rings. The third kappa shape index (κ3) is 4.58. The lowest BCUT2D eigenvalue weighted by atomic mass is 9.86. The van der Waals surface area contributed by atoms with E-state index in [1.807, 2.05) is 0 Å². The first-order valence-corrected chi connectivity index (χ1v) is 15.2. The van der Waals surface area contributed by atoms with Crippen molar-refractivity contribution in [3.8, 4) is 45.3 Å². The third-order valence-corrected chi connectivity index (χ3v) is 8.88. The highest BCUT2D eigenvalue weighted by Crippen LogP contribution is 2.37. The normalized spacial score (nSPS) is 15.3. The molecule has 6 aromatic rings. The third-order valence-electron chi connectivity index (χ3n) is 8.88. The molecule has 8 rings (SSSR count). The molecule has 0 bridgehead atoms. The molecular weight excluding hydrogens is 522 g/mol. The van der Waals surface area contributed by atoms with Crippen LogP contribution in [-0.4, -0.2) is 15.0 Å². The van der Waals surface area contributed by atoms with Gasteiger partial charge in [0.25, 0.3) is 0 Å². The fourth-order valence-corrected chi connectivity index (χ4v) is 6.62. The Morgan fingerprint density at radius 2 is 1.28 bits per heavy atom. The number of aromatic nitrogens is 3. The van der Waals surface area contributed by atoms with Crippen LogP contribution in [0, 0.1) is 0 Å². The van der Waals surface area contributed by atoms with Crippen molar-refractivity contribution in [3.63, 3.8) is 0 Å². The predicted molar refractivity (Wildman–Crippen MR) is 178 cm³/mol. The highest BCUT2D eigenvalue weighted by atomic mass is 15.0. The largest absolute Gasteiger partial charge is 0.208 e. The number of hydrogen-bond donors (Lipinski definition) is 0. The SMILES string of the molecule is CC1CC=Cc2c(-c3nc(-c4ccc(-c5cccc6ccccc56)cc4)nc(-c4cccc5c4CCC=C5)n3)cccc21. The maximum absolute atomic E-state index is 5.16. The summed E-state index contributed by atoms with van der Waals surface area (Å²) in [5, 5.41) is 2.49. The molecule has 0 saturated heterocycles. The van der Waals surface area contributed by atoms with E-state index in [2.05, 4.69) is 134 Å². The summed E-state index contributed by atoms with van der Waals surface area (Å²) in [6, 6.07) is 36.7. The Morgan fingerprint density at radius 1 is 0.581 bits per heavy atom. The van der Waals surface area contributed by atoms with Gasteiger partial charge in [-0.3, -0.25) is 0 Å². The summed E-state index contributed by atoms with van der Waals surface area (Å²) in [6.45, 7) is 2.29. The van der Waals surface area contributed by atoms with Crippen molar-refractivity contribution in [2.24, 2.45) is 0 Å². The van der Waals surface area contributed by atoms with E-state index in [1.165, 1.54) is 44.2 Å². The average molecular weight is 554 g/mol. The predicted octanol–water partition coefficient (Wildman–Crippen LogP) is 10.2. The van der Waals surface area contributed by atoms with Gasteiger partial charge in [0.2, 0.25) is 0 Å². The zero-order chi connectivity index (χ0) is 28.8. The Balaban J connectivity index is 1.29. The Kier molecular flexibility index (Phi) is 6.30. The lowest BCUT2D eigenvalue weighted by Crippen LogP contribution is -2.06. The van der Waals surface area contributed by atoms with Gasteiger partial charge in [0, 0.05) is 16.7 Å². The fourth-order valence-electron chi connectivity index (χ4n) is 6.62. The van der Waals surface area contributed by atoms with Crippen molar-refractivity contribution in [2.75, 3.05) is 0 Å². The fraction of sp³-hybridized carbons (Fsp3) is 0.125. The summed E-state index contributed by atoms with van der Waals surface area (Å²) in [6.07, 6.45) is 12.0. The monoisotopic (exact) mass is 553 g/mol. The second-order valence-corrected chi connectivity index (χ2v) is 11.6. The van der Waals surface area contributed by atoms with Crippen LogP contribution in [-0.2, 0) is 6.42 Å². The van der Waals surface area contributed by atoms with Crippen molar-refractivity contribution >= 4 is 22.9 Å². The molecule has 206 valence electrons. The molecular formula is C40H31N3. The minimum absolute atomic E-state index is 0.468. The molecule has 0 saturated carbocycles. The van der Waals surface area contributed by atoms with Gasteiger partial charge >= 0.3 is 0 Å². The van der Waals surface area contributed by atoms with Crippen LogP contribution in [0.15, 0.2) is 115 Å². The van der Waals surface area contributed by atoms with Gasteiger partial charge in [-0.2, -0.15) is 0 Å². The number of hydrogen-bond acceptors (Lipinski definition) is 3. The smallest absolute Gasteiger partial charge is 0.164 e. The quantitative estimate of drug-likeness (QED) is 0.218. The number of nitrogens with zero attached hydrogens (tertiary/aromatic N) is 3. The van der Waals surface area contributed by atoms with Crippen LogP contribution < -0.4 is 0 Å². The summed E-state index contributed by atoms with van der Waals surface area (Å²) in [7, 11) is 0. The number of rotatable bonds is 4. The van der Waals surface area contributed by atoms with Gasteiger partial charge in [0.1, 0.15) is 0 Å². The van der Waals surface area contributed by atoms with E-state index in [9.17, 15) is 0 Å². The van der Waals surface area contributed by atoms with Gasteiger partial charge in [-0.25, -0.2) is 15.0 Å². The number of fused-ring (bicyclic) bond motifs is 3. The molecule has 0 fully saturated rings. The van der Waals surface area contributed by atoms with Crippen molar-refractivity contribution in [1.29, 1.82) is 0 Å². The van der Waals surface area contributed by atoms with Crippen LogP contribution in [0.1, 0.15) is 47.9 Å². The van der Waals surface area contributed by atoms with Crippen molar-refractivity contribution < 1.29 is 0 Å². The molecule has 0 amide bonds. The molecule has 3 heteroatoms. The minimum Gasteiger partial charge on any atom is -0.208 e. The van der Waals surface area contributed by atoms with Crippen LogP contribution in [0.5, 0.6) is 0 Å². The summed E-state index contributed by atoms with van der Waals surface area (Å²) in [5.74, 6) is 2.61. The molecule has 1 heterocycles. The van der Waals surface area contributed by atoms with Gasteiger partial charge in [-0.05, 0) is 69.3 Å². The van der Waals surface area contributed by atoms with E-state index in [0.717, 1.165) is 47.6 Å². The van der Waals surface area contributed by atoms with Crippen LogP contribution in [0.2, 0.25) is 0 Å². The highest BCUT2D eigenvalue weighted by Gasteiger charge is 2.21. The second kappa shape index (κ2) is 10.6. The van der Waals surface area contributed by atoms with Gasteiger partial charge < -0.3 is 0 Å². The molecule has 2 aliphatic carbocycles. The van der Waals surface area contributed by atoms with Crippen LogP contribution in [0.4, 0.5) is 0 Å². The second-order valence-electron chi connectivity index (χ2n) is 11.6. The van der Waals surface area contributed by atoms with Crippen LogP contribution >= 0.6 is 0 Å². The first-order valence-electron chi connectivity index (χ1n) is 15.2. The van der Waals surface area contributed by atoms with Gasteiger partial charge in [-0.15, -0.1) is 0 Å². The topological polar surface area (TPSA) is 38.7 Å². The molecule has 0 spiro atoms. The molecule has 0 aliphatic heterocycles. The first kappa shape index (κ1) is 25.6. The van der Waals surface area contributed by atoms with E-state index >= 15 is 0 Å². The lowest BCUT2D eigenvalue weighted by molar-refractivity contribution is 0.772. The summed E-state index contributed by atoms with van der Waals surface area (Å²) in [5.41, 5.74) is 10.7. The van der Waals surface area contributed by atoms with E-state index in [0.29, 0.717) is 11.7 Å². The summed E-state index contributed by atoms with van der Waals surface area (Å²) < 4.78 is 0. The van der Waals surface area contributed by atoms with Gasteiger partial charge in [-0.1, -0.05) is 134 Å². The van der Waals surface area contributed by atoms with Gasteiger partial charge in [0.15, 0.2) is 17.5 Å². The Labute approximate surface area is 252 Å². The molecule has 0 radical (unpaired) electrons. The minimum atomic E-state index is 0.468. The lowest BCUT2D eigenvalue weighted by Gasteiger charge is -2.20. The van der Waals surface area contributed by atoms with Crippen molar-refractivity contribution in [2.45, 2.75) is 32.1 Å². The molecule has 0 N–H and O–H groups in total. The van der Waals surface area contributed by atoms with Gasteiger partial charge in [0.05, 0.1) is 0 Å². The molecule has 43 heavy (non-hydrogen) atoms. The Bertz CT molecular complexity index is 2060. The first-order chi connectivity index (χ1) is 21.2. The molecule has 3 nitrogen and oxygen atoms in total. The Morgan fingerprint density at radius 3 is 2.19 bits per heavy atom. The standard InChI is InChI=1S/C40H31N3/c1-26-10-6-19-35-31(26)17-9-21-37(35)40-42-38(41-39(43-40)36-20-8-14-28-12-3-5-16-34(28)36)30-24-22-29(23-25-30)33-18-7-13-27-11-2-4-15-32(27)33/h2-4,6-9,11-15,17-26H,5,10,16H2,1H3. The molecule has 5 aromatic carbocycles. The molecule has 1 unspecified atom stereocenters. The van der Waals surface area contributed by atoms with Crippen LogP contribution in [0.25, 0.3) is 68.2 Å².